The Hall–Kier alpha value is -3.59. The fraction of sp³-hybridized carbons (Fsp3) is 0.0476. The highest BCUT2D eigenvalue weighted by atomic mass is 32.2. The van der Waals surface area contributed by atoms with Gasteiger partial charge in [-0.3, -0.25) is 9.10 Å². The van der Waals surface area contributed by atoms with Gasteiger partial charge >= 0.3 is 0 Å². The van der Waals surface area contributed by atoms with Gasteiger partial charge in [-0.15, -0.1) is 0 Å². The lowest BCUT2D eigenvalue weighted by molar-refractivity contribution is -0.119. The van der Waals surface area contributed by atoms with Crippen LogP contribution in [0, 0.1) is 11.6 Å². The van der Waals surface area contributed by atoms with E-state index in [2.05, 4.69) is 10.5 Å². The molecule has 0 aliphatic rings. The largest absolute Gasteiger partial charge is 0.271 e. The summed E-state index contributed by atoms with van der Waals surface area (Å²) in [6, 6.07) is 18.4. The first-order chi connectivity index (χ1) is 14.4. The summed E-state index contributed by atoms with van der Waals surface area (Å²) in [6.07, 6.45) is 1.09. The summed E-state index contributed by atoms with van der Waals surface area (Å²) in [5, 5.41) is 3.65. The molecule has 30 heavy (non-hydrogen) atoms. The van der Waals surface area contributed by atoms with Gasteiger partial charge in [-0.1, -0.05) is 48.5 Å². The zero-order chi connectivity index (χ0) is 21.6. The number of para-hydroxylation sites is 1. The molecule has 0 saturated heterocycles. The Morgan fingerprint density at radius 3 is 2.17 bits per heavy atom. The Kier molecular flexibility index (Phi) is 6.53. The van der Waals surface area contributed by atoms with Crippen LogP contribution in [0.15, 0.2) is 88.9 Å². The van der Waals surface area contributed by atoms with E-state index in [0.717, 1.165) is 12.3 Å². The van der Waals surface area contributed by atoms with Gasteiger partial charge in [0.1, 0.15) is 18.2 Å². The normalized spacial score (nSPS) is 11.4. The third kappa shape index (κ3) is 4.87. The number of hydrogen-bond donors (Lipinski definition) is 1. The number of nitrogens with zero attached hydrogens (tertiary/aromatic N) is 2. The van der Waals surface area contributed by atoms with E-state index >= 15 is 0 Å². The van der Waals surface area contributed by atoms with E-state index < -0.39 is 34.1 Å². The van der Waals surface area contributed by atoms with Gasteiger partial charge in [0.2, 0.25) is 0 Å². The zero-order valence-electron chi connectivity index (χ0n) is 15.6. The summed E-state index contributed by atoms with van der Waals surface area (Å²) in [4.78, 5) is 12.2. The van der Waals surface area contributed by atoms with Crippen LogP contribution in [0.4, 0.5) is 14.5 Å². The highest BCUT2D eigenvalue weighted by Gasteiger charge is 2.28. The maximum absolute atomic E-state index is 14.3. The van der Waals surface area contributed by atoms with Crippen molar-refractivity contribution in [2.45, 2.75) is 4.90 Å². The Labute approximate surface area is 172 Å². The SMILES string of the molecule is O=C(CN(c1ccccc1F)S(=O)(=O)c1ccccc1)N/N=C\c1ccccc1F. The molecule has 3 aromatic rings. The van der Waals surface area contributed by atoms with Gasteiger partial charge in [-0.05, 0) is 30.3 Å². The minimum atomic E-state index is -4.23. The Morgan fingerprint density at radius 1 is 0.900 bits per heavy atom. The molecule has 0 unspecified atom stereocenters. The van der Waals surface area contributed by atoms with Crippen LogP contribution < -0.4 is 9.73 Å². The Bertz CT molecular complexity index is 1170. The van der Waals surface area contributed by atoms with E-state index in [-0.39, 0.29) is 16.1 Å². The van der Waals surface area contributed by atoms with E-state index in [1.807, 2.05) is 0 Å². The summed E-state index contributed by atoms with van der Waals surface area (Å²) >= 11 is 0. The number of sulfonamides is 1. The molecular weight excluding hydrogens is 412 g/mol. The van der Waals surface area contributed by atoms with Crippen LogP contribution in [-0.2, 0) is 14.8 Å². The first kappa shape index (κ1) is 21.1. The molecule has 0 aliphatic carbocycles. The predicted molar refractivity (Wildman–Crippen MR) is 110 cm³/mol. The fourth-order valence-electron chi connectivity index (χ4n) is 2.59. The number of carbonyl (C=O) groups excluding carboxylic acids is 1. The van der Waals surface area contributed by atoms with Gasteiger partial charge in [-0.25, -0.2) is 22.6 Å². The quantitative estimate of drug-likeness (QED) is 0.462. The second kappa shape index (κ2) is 9.27. The summed E-state index contributed by atoms with van der Waals surface area (Å²) in [5.74, 6) is -2.17. The number of anilines is 1. The molecule has 6 nitrogen and oxygen atoms in total. The first-order valence-corrected chi connectivity index (χ1v) is 10.2. The molecule has 3 rings (SSSR count). The average molecular weight is 429 g/mol. The van der Waals surface area contributed by atoms with Crippen molar-refractivity contribution in [1.82, 2.24) is 5.43 Å². The summed E-state index contributed by atoms with van der Waals surface area (Å²) in [5.41, 5.74) is 1.99. The second-order valence-corrected chi connectivity index (χ2v) is 7.95. The fourth-order valence-corrected chi connectivity index (χ4v) is 4.04. The smallest absolute Gasteiger partial charge is 0.264 e. The van der Waals surface area contributed by atoms with Crippen molar-refractivity contribution < 1.29 is 22.0 Å². The van der Waals surface area contributed by atoms with Crippen molar-refractivity contribution in [1.29, 1.82) is 0 Å². The van der Waals surface area contributed by atoms with Gasteiger partial charge in [0.15, 0.2) is 0 Å². The second-order valence-electron chi connectivity index (χ2n) is 6.09. The van der Waals surface area contributed by atoms with Crippen LogP contribution in [0.25, 0.3) is 0 Å². The van der Waals surface area contributed by atoms with E-state index in [4.69, 9.17) is 0 Å². The van der Waals surface area contributed by atoms with E-state index in [1.54, 1.807) is 12.1 Å². The number of benzene rings is 3. The third-order valence-electron chi connectivity index (χ3n) is 4.04. The molecule has 0 aliphatic heterocycles. The lowest BCUT2D eigenvalue weighted by Gasteiger charge is -2.24. The Balaban J connectivity index is 1.85. The van der Waals surface area contributed by atoms with Crippen molar-refractivity contribution in [2.75, 3.05) is 10.8 Å². The van der Waals surface area contributed by atoms with Gasteiger partial charge in [0, 0.05) is 5.56 Å². The number of nitrogens with one attached hydrogen (secondary N) is 1. The minimum absolute atomic E-state index is 0.101. The van der Waals surface area contributed by atoms with Crippen LogP contribution in [0.2, 0.25) is 0 Å². The zero-order valence-corrected chi connectivity index (χ0v) is 16.4. The van der Waals surface area contributed by atoms with Gasteiger partial charge < -0.3 is 0 Å². The molecule has 0 fully saturated rings. The summed E-state index contributed by atoms with van der Waals surface area (Å²) < 4.78 is 54.7. The standard InChI is InChI=1S/C21H17F2N3O3S/c22-18-11-5-4-8-16(18)14-24-25-21(27)15-26(20-13-7-6-12-19(20)23)30(28,29)17-9-2-1-3-10-17/h1-14H,15H2,(H,25,27)/b24-14-. The van der Waals surface area contributed by atoms with Gasteiger partial charge in [-0.2, -0.15) is 5.10 Å². The van der Waals surface area contributed by atoms with Crippen molar-refractivity contribution in [3.8, 4) is 0 Å². The van der Waals surface area contributed by atoms with Crippen molar-refractivity contribution in [2.24, 2.45) is 5.10 Å². The molecule has 0 heterocycles. The van der Waals surface area contributed by atoms with Crippen LogP contribution in [0.3, 0.4) is 0 Å². The first-order valence-electron chi connectivity index (χ1n) is 8.78. The number of halogens is 2. The van der Waals surface area contributed by atoms with Crippen LogP contribution in [-0.4, -0.2) is 27.1 Å². The highest BCUT2D eigenvalue weighted by Crippen LogP contribution is 2.25. The summed E-state index contributed by atoms with van der Waals surface area (Å²) in [6.45, 7) is -0.729. The summed E-state index contributed by atoms with van der Waals surface area (Å²) in [7, 11) is -4.23. The minimum Gasteiger partial charge on any atom is -0.271 e. The number of hydrazone groups is 1. The predicted octanol–water partition coefficient (Wildman–Crippen LogP) is 3.31. The lowest BCUT2D eigenvalue weighted by Crippen LogP contribution is -2.40. The molecule has 1 N–H and O–H groups in total. The molecular formula is C21H17F2N3O3S. The number of rotatable bonds is 7. The third-order valence-corrected chi connectivity index (χ3v) is 5.81. The molecule has 0 atom stereocenters. The van der Waals surface area contributed by atoms with Crippen LogP contribution >= 0.6 is 0 Å². The van der Waals surface area contributed by atoms with Crippen LogP contribution in [0.5, 0.6) is 0 Å². The number of hydrogen-bond acceptors (Lipinski definition) is 4. The van der Waals surface area contributed by atoms with Crippen molar-refractivity contribution in [3.63, 3.8) is 0 Å². The molecule has 0 aromatic heterocycles. The topological polar surface area (TPSA) is 78.8 Å². The van der Waals surface area contributed by atoms with Gasteiger partial charge in [0.05, 0.1) is 16.8 Å². The van der Waals surface area contributed by atoms with Crippen molar-refractivity contribution >= 4 is 27.8 Å². The highest BCUT2D eigenvalue weighted by molar-refractivity contribution is 7.92. The maximum atomic E-state index is 14.3. The Morgan fingerprint density at radius 2 is 1.50 bits per heavy atom. The molecule has 0 spiro atoms. The van der Waals surface area contributed by atoms with E-state index in [1.165, 1.54) is 60.7 Å². The van der Waals surface area contributed by atoms with Crippen LogP contribution in [0.1, 0.15) is 5.56 Å². The maximum Gasteiger partial charge on any atom is 0.264 e. The average Bonchev–Trinajstić information content (AvgIpc) is 2.74. The monoisotopic (exact) mass is 429 g/mol. The molecule has 9 heteroatoms. The molecule has 3 aromatic carbocycles. The molecule has 1 amide bonds. The van der Waals surface area contributed by atoms with E-state index in [9.17, 15) is 22.0 Å². The lowest BCUT2D eigenvalue weighted by atomic mass is 10.2. The molecule has 154 valence electrons. The number of amides is 1. The van der Waals surface area contributed by atoms with E-state index in [0.29, 0.717) is 4.31 Å². The number of carbonyl (C=O) groups is 1. The molecule has 0 saturated carbocycles. The molecule has 0 bridgehead atoms. The van der Waals surface area contributed by atoms with Gasteiger partial charge in [0.25, 0.3) is 15.9 Å². The van der Waals surface area contributed by atoms with Crippen molar-refractivity contribution in [3.05, 3.63) is 96.1 Å². The molecule has 0 radical (unpaired) electrons.